The summed E-state index contributed by atoms with van der Waals surface area (Å²) in [5.41, 5.74) is 0. The van der Waals surface area contributed by atoms with E-state index >= 15 is 0 Å². The smallest absolute Gasteiger partial charge is 0.317 e. The molecule has 2 aliphatic heterocycles. The number of likely N-dealkylation sites (tertiary alicyclic amines) is 2. The van der Waals surface area contributed by atoms with Gasteiger partial charge in [-0.25, -0.2) is 4.79 Å². The quantitative estimate of drug-likeness (QED) is 0.768. The molecular formula is C12H23N3O. The van der Waals surface area contributed by atoms with Crippen molar-refractivity contribution in [1.29, 1.82) is 0 Å². The molecule has 92 valence electrons. The molecule has 2 fully saturated rings. The van der Waals surface area contributed by atoms with Crippen LogP contribution in [0.4, 0.5) is 4.79 Å². The number of hydrogen-bond acceptors (Lipinski definition) is 2. The van der Waals surface area contributed by atoms with Crippen LogP contribution in [-0.4, -0.2) is 54.1 Å². The molecule has 2 saturated heterocycles. The molecule has 1 N–H and O–H groups in total. The molecule has 0 radical (unpaired) electrons. The summed E-state index contributed by atoms with van der Waals surface area (Å²) in [6.45, 7) is 8.30. The Hall–Kier alpha value is -0.770. The van der Waals surface area contributed by atoms with Gasteiger partial charge < -0.3 is 10.2 Å². The second-order valence-electron chi connectivity index (χ2n) is 5.24. The molecule has 0 aromatic rings. The van der Waals surface area contributed by atoms with E-state index < -0.39 is 0 Å². The van der Waals surface area contributed by atoms with Gasteiger partial charge in [-0.3, -0.25) is 4.90 Å². The summed E-state index contributed by atoms with van der Waals surface area (Å²) in [7, 11) is 0. The van der Waals surface area contributed by atoms with Gasteiger partial charge in [0.05, 0.1) is 0 Å². The van der Waals surface area contributed by atoms with Crippen LogP contribution in [0.2, 0.25) is 0 Å². The molecule has 0 spiro atoms. The van der Waals surface area contributed by atoms with E-state index in [9.17, 15) is 4.79 Å². The summed E-state index contributed by atoms with van der Waals surface area (Å²) in [5.74, 6) is 0. The lowest BCUT2D eigenvalue weighted by molar-refractivity contribution is 0.196. The average Bonchev–Trinajstić information content (AvgIpc) is 2.87. The highest BCUT2D eigenvalue weighted by atomic mass is 16.2. The maximum absolute atomic E-state index is 11.8. The van der Waals surface area contributed by atoms with Crippen LogP contribution >= 0.6 is 0 Å². The van der Waals surface area contributed by atoms with E-state index in [0.29, 0.717) is 6.04 Å². The van der Waals surface area contributed by atoms with Crippen molar-refractivity contribution in [2.24, 2.45) is 0 Å². The Morgan fingerprint density at radius 2 is 1.94 bits per heavy atom. The van der Waals surface area contributed by atoms with Gasteiger partial charge in [-0.1, -0.05) is 0 Å². The third-order valence-electron chi connectivity index (χ3n) is 3.52. The zero-order valence-corrected chi connectivity index (χ0v) is 10.4. The van der Waals surface area contributed by atoms with Gasteiger partial charge in [0.2, 0.25) is 0 Å². The van der Waals surface area contributed by atoms with Crippen LogP contribution < -0.4 is 5.32 Å². The van der Waals surface area contributed by atoms with E-state index in [1.807, 2.05) is 18.7 Å². The lowest BCUT2D eigenvalue weighted by Crippen LogP contribution is -2.43. The number of nitrogens with zero attached hydrogens (tertiary/aromatic N) is 2. The molecule has 2 amide bonds. The van der Waals surface area contributed by atoms with Gasteiger partial charge in [0.25, 0.3) is 0 Å². The molecular weight excluding hydrogens is 202 g/mol. The first-order valence-electron chi connectivity index (χ1n) is 6.46. The Morgan fingerprint density at radius 3 is 2.56 bits per heavy atom. The lowest BCUT2D eigenvalue weighted by Gasteiger charge is -2.24. The highest BCUT2D eigenvalue weighted by Gasteiger charge is 2.31. The van der Waals surface area contributed by atoms with Gasteiger partial charge in [0.15, 0.2) is 0 Å². The minimum atomic E-state index is 0.108. The first-order chi connectivity index (χ1) is 7.66. The second-order valence-corrected chi connectivity index (χ2v) is 5.24. The molecule has 16 heavy (non-hydrogen) atoms. The highest BCUT2D eigenvalue weighted by Crippen LogP contribution is 2.20. The van der Waals surface area contributed by atoms with Crippen LogP contribution in [0.1, 0.15) is 33.1 Å². The van der Waals surface area contributed by atoms with Crippen molar-refractivity contribution in [3.05, 3.63) is 0 Å². The standard InChI is InChI=1S/C12H23N3O/c1-10(2)13-12(16)15-8-5-11(9-15)14-6-3-4-7-14/h10-11H,3-9H2,1-2H3,(H,13,16). The molecule has 1 atom stereocenters. The highest BCUT2D eigenvalue weighted by molar-refractivity contribution is 5.74. The largest absolute Gasteiger partial charge is 0.336 e. The summed E-state index contributed by atoms with van der Waals surface area (Å²) in [6.07, 6.45) is 3.80. The first kappa shape index (κ1) is 11.7. The molecule has 4 heteroatoms. The van der Waals surface area contributed by atoms with Gasteiger partial charge in [-0.05, 0) is 46.2 Å². The minimum absolute atomic E-state index is 0.108. The number of amides is 2. The predicted molar refractivity (Wildman–Crippen MR) is 64.5 cm³/mol. The number of carbonyl (C=O) groups is 1. The Kier molecular flexibility index (Phi) is 3.69. The van der Waals surface area contributed by atoms with E-state index in [1.54, 1.807) is 0 Å². The Bertz CT molecular complexity index is 249. The maximum atomic E-state index is 11.8. The summed E-state index contributed by atoms with van der Waals surface area (Å²) in [5, 5.41) is 2.96. The van der Waals surface area contributed by atoms with Crippen LogP contribution in [0.3, 0.4) is 0 Å². The molecule has 0 aromatic heterocycles. The number of carbonyl (C=O) groups excluding carboxylic acids is 1. The van der Waals surface area contributed by atoms with Crippen molar-refractivity contribution < 1.29 is 4.79 Å². The predicted octanol–water partition coefficient (Wildman–Crippen LogP) is 1.27. The van der Waals surface area contributed by atoms with E-state index in [0.717, 1.165) is 19.5 Å². The van der Waals surface area contributed by atoms with Crippen molar-refractivity contribution in [2.75, 3.05) is 26.2 Å². The third-order valence-corrected chi connectivity index (χ3v) is 3.52. The van der Waals surface area contributed by atoms with E-state index in [-0.39, 0.29) is 12.1 Å². The topological polar surface area (TPSA) is 35.6 Å². The number of nitrogens with one attached hydrogen (secondary N) is 1. The van der Waals surface area contributed by atoms with Crippen LogP contribution in [0, 0.1) is 0 Å². The molecule has 0 aliphatic carbocycles. The van der Waals surface area contributed by atoms with Crippen molar-refractivity contribution in [1.82, 2.24) is 15.1 Å². The van der Waals surface area contributed by atoms with Crippen molar-refractivity contribution in [3.8, 4) is 0 Å². The average molecular weight is 225 g/mol. The Balaban J connectivity index is 1.80. The second kappa shape index (κ2) is 5.04. The summed E-state index contributed by atoms with van der Waals surface area (Å²) < 4.78 is 0. The molecule has 4 nitrogen and oxygen atoms in total. The summed E-state index contributed by atoms with van der Waals surface area (Å²) in [4.78, 5) is 16.3. The van der Waals surface area contributed by atoms with E-state index in [1.165, 1.54) is 25.9 Å². The third kappa shape index (κ3) is 2.67. The minimum Gasteiger partial charge on any atom is -0.336 e. The molecule has 0 aromatic carbocycles. The fourth-order valence-electron chi connectivity index (χ4n) is 2.67. The van der Waals surface area contributed by atoms with E-state index in [4.69, 9.17) is 0 Å². The fourth-order valence-corrected chi connectivity index (χ4v) is 2.67. The summed E-state index contributed by atoms with van der Waals surface area (Å²) >= 11 is 0. The molecule has 2 aliphatic rings. The molecule has 2 heterocycles. The molecule has 2 rings (SSSR count). The molecule has 0 saturated carbocycles. The van der Waals surface area contributed by atoms with Gasteiger partial charge >= 0.3 is 6.03 Å². The Morgan fingerprint density at radius 1 is 1.25 bits per heavy atom. The maximum Gasteiger partial charge on any atom is 0.317 e. The first-order valence-corrected chi connectivity index (χ1v) is 6.46. The number of hydrogen-bond donors (Lipinski definition) is 1. The van der Waals surface area contributed by atoms with E-state index in [2.05, 4.69) is 10.2 Å². The SMILES string of the molecule is CC(C)NC(=O)N1CCC(N2CCCC2)C1. The van der Waals surface area contributed by atoms with Gasteiger partial charge in [-0.2, -0.15) is 0 Å². The van der Waals surface area contributed by atoms with Crippen molar-refractivity contribution >= 4 is 6.03 Å². The molecule has 0 bridgehead atoms. The van der Waals surface area contributed by atoms with Crippen molar-refractivity contribution in [3.63, 3.8) is 0 Å². The van der Waals surface area contributed by atoms with Gasteiger partial charge in [0, 0.05) is 25.2 Å². The summed E-state index contributed by atoms with van der Waals surface area (Å²) in [6, 6.07) is 0.954. The lowest BCUT2D eigenvalue weighted by atomic mass is 10.2. The van der Waals surface area contributed by atoms with Crippen LogP contribution in [0.5, 0.6) is 0 Å². The molecule has 1 unspecified atom stereocenters. The normalized spacial score (nSPS) is 26.7. The van der Waals surface area contributed by atoms with Crippen LogP contribution in [-0.2, 0) is 0 Å². The zero-order chi connectivity index (χ0) is 11.5. The van der Waals surface area contributed by atoms with Gasteiger partial charge in [0.1, 0.15) is 0 Å². The van der Waals surface area contributed by atoms with Crippen LogP contribution in [0.25, 0.3) is 0 Å². The van der Waals surface area contributed by atoms with Crippen LogP contribution in [0.15, 0.2) is 0 Å². The number of urea groups is 1. The van der Waals surface area contributed by atoms with Crippen molar-refractivity contribution in [2.45, 2.75) is 45.2 Å². The number of rotatable bonds is 2. The Labute approximate surface area is 98.0 Å². The monoisotopic (exact) mass is 225 g/mol. The zero-order valence-electron chi connectivity index (χ0n) is 10.4. The fraction of sp³-hybridized carbons (Fsp3) is 0.917. The van der Waals surface area contributed by atoms with Gasteiger partial charge in [-0.15, -0.1) is 0 Å².